The Morgan fingerprint density at radius 1 is 1.12 bits per heavy atom. The summed E-state index contributed by atoms with van der Waals surface area (Å²) in [5.41, 5.74) is 0. The van der Waals surface area contributed by atoms with Crippen LogP contribution in [0.2, 0.25) is 0 Å². The SMILES string of the molecule is COC(=O)CC(NC(=O)C(C)Oc1ccc(OC)cc1)c1cccs1. The van der Waals surface area contributed by atoms with Crippen LogP contribution in [-0.4, -0.2) is 32.2 Å². The zero-order chi connectivity index (χ0) is 18.2. The Labute approximate surface area is 150 Å². The summed E-state index contributed by atoms with van der Waals surface area (Å²) in [5.74, 6) is 0.574. The summed E-state index contributed by atoms with van der Waals surface area (Å²) < 4.78 is 15.4. The molecule has 1 aromatic heterocycles. The van der Waals surface area contributed by atoms with Gasteiger partial charge in [-0.2, -0.15) is 0 Å². The van der Waals surface area contributed by atoms with E-state index in [-0.39, 0.29) is 18.3 Å². The molecule has 0 radical (unpaired) electrons. The highest BCUT2D eigenvalue weighted by Gasteiger charge is 2.23. The van der Waals surface area contributed by atoms with E-state index in [4.69, 9.17) is 14.2 Å². The Balaban J connectivity index is 1.99. The molecule has 0 aliphatic heterocycles. The average Bonchev–Trinajstić information content (AvgIpc) is 3.16. The molecule has 0 aliphatic rings. The first-order valence-electron chi connectivity index (χ1n) is 7.74. The number of nitrogens with one attached hydrogen (secondary N) is 1. The molecule has 0 saturated heterocycles. The van der Waals surface area contributed by atoms with E-state index in [1.807, 2.05) is 17.5 Å². The van der Waals surface area contributed by atoms with E-state index in [9.17, 15) is 9.59 Å². The standard InChI is InChI=1S/C18H21NO5S/c1-12(24-14-8-6-13(22-2)7-9-14)18(21)19-15(11-17(20)23-3)16-5-4-10-25-16/h4-10,12,15H,11H2,1-3H3,(H,19,21). The number of methoxy groups -OCH3 is 2. The van der Waals surface area contributed by atoms with Crippen molar-refractivity contribution in [3.8, 4) is 11.5 Å². The van der Waals surface area contributed by atoms with E-state index in [1.165, 1.54) is 18.4 Å². The third-order valence-corrected chi connectivity index (χ3v) is 4.53. The predicted molar refractivity (Wildman–Crippen MR) is 94.9 cm³/mol. The maximum atomic E-state index is 12.4. The third kappa shape index (κ3) is 5.49. The van der Waals surface area contributed by atoms with Gasteiger partial charge >= 0.3 is 5.97 Å². The van der Waals surface area contributed by atoms with Crippen molar-refractivity contribution in [1.29, 1.82) is 0 Å². The van der Waals surface area contributed by atoms with Gasteiger partial charge in [0.1, 0.15) is 11.5 Å². The first-order chi connectivity index (χ1) is 12.0. The minimum atomic E-state index is -0.714. The van der Waals surface area contributed by atoms with Gasteiger partial charge in [0.15, 0.2) is 6.10 Å². The minimum Gasteiger partial charge on any atom is -0.497 e. The first-order valence-corrected chi connectivity index (χ1v) is 8.62. The van der Waals surface area contributed by atoms with Crippen molar-refractivity contribution in [2.24, 2.45) is 0 Å². The molecular weight excluding hydrogens is 342 g/mol. The monoisotopic (exact) mass is 363 g/mol. The summed E-state index contributed by atoms with van der Waals surface area (Å²) in [5, 5.41) is 4.74. The smallest absolute Gasteiger partial charge is 0.307 e. The molecule has 25 heavy (non-hydrogen) atoms. The quantitative estimate of drug-likeness (QED) is 0.730. The molecule has 1 heterocycles. The van der Waals surface area contributed by atoms with E-state index in [0.29, 0.717) is 11.5 Å². The largest absolute Gasteiger partial charge is 0.497 e. The van der Waals surface area contributed by atoms with Gasteiger partial charge in [-0.1, -0.05) is 6.07 Å². The van der Waals surface area contributed by atoms with Gasteiger partial charge in [0, 0.05) is 4.88 Å². The summed E-state index contributed by atoms with van der Waals surface area (Å²) in [6.45, 7) is 1.66. The molecule has 1 aromatic carbocycles. The second-order valence-electron chi connectivity index (χ2n) is 5.29. The lowest BCUT2D eigenvalue weighted by atomic mass is 10.1. The van der Waals surface area contributed by atoms with Gasteiger partial charge in [0.05, 0.1) is 26.7 Å². The van der Waals surface area contributed by atoms with Crippen LogP contribution in [-0.2, 0) is 14.3 Å². The van der Waals surface area contributed by atoms with Crippen LogP contribution in [0.15, 0.2) is 41.8 Å². The predicted octanol–water partition coefficient (Wildman–Crippen LogP) is 2.94. The number of amides is 1. The lowest BCUT2D eigenvalue weighted by Crippen LogP contribution is -2.39. The van der Waals surface area contributed by atoms with Crippen molar-refractivity contribution < 1.29 is 23.8 Å². The van der Waals surface area contributed by atoms with Crippen molar-refractivity contribution in [3.63, 3.8) is 0 Å². The van der Waals surface area contributed by atoms with Gasteiger partial charge in [0.2, 0.25) is 0 Å². The zero-order valence-electron chi connectivity index (χ0n) is 14.4. The Bertz CT molecular complexity index is 684. The molecule has 2 aromatic rings. The number of carbonyl (C=O) groups excluding carboxylic acids is 2. The van der Waals surface area contributed by atoms with Gasteiger partial charge in [-0.25, -0.2) is 0 Å². The van der Waals surface area contributed by atoms with Gasteiger partial charge in [-0.05, 0) is 42.6 Å². The molecule has 0 spiro atoms. The topological polar surface area (TPSA) is 73.9 Å². The van der Waals surface area contributed by atoms with Gasteiger partial charge in [-0.3, -0.25) is 9.59 Å². The molecule has 1 N–H and O–H groups in total. The molecule has 0 saturated carbocycles. The molecule has 0 bridgehead atoms. The molecule has 1 amide bonds. The maximum Gasteiger partial charge on any atom is 0.307 e. The highest BCUT2D eigenvalue weighted by Crippen LogP contribution is 2.23. The van der Waals surface area contributed by atoms with Crippen LogP contribution in [0.4, 0.5) is 0 Å². The molecule has 134 valence electrons. The van der Waals surface area contributed by atoms with Crippen LogP contribution in [0.1, 0.15) is 24.3 Å². The van der Waals surface area contributed by atoms with E-state index < -0.39 is 12.1 Å². The van der Waals surface area contributed by atoms with Crippen molar-refractivity contribution >= 4 is 23.2 Å². The maximum absolute atomic E-state index is 12.4. The summed E-state index contributed by atoms with van der Waals surface area (Å²) in [6.07, 6.45) is -0.647. The first kappa shape index (κ1) is 18.8. The molecule has 2 rings (SSSR count). The summed E-state index contributed by atoms with van der Waals surface area (Å²) in [4.78, 5) is 24.9. The molecule has 6 nitrogen and oxygen atoms in total. The molecular formula is C18H21NO5S. The van der Waals surface area contributed by atoms with Crippen molar-refractivity contribution in [3.05, 3.63) is 46.7 Å². The number of ether oxygens (including phenoxy) is 3. The molecule has 7 heteroatoms. The van der Waals surface area contributed by atoms with Crippen molar-refractivity contribution in [2.75, 3.05) is 14.2 Å². The number of esters is 1. The highest BCUT2D eigenvalue weighted by atomic mass is 32.1. The van der Waals surface area contributed by atoms with E-state index in [1.54, 1.807) is 38.3 Å². The second-order valence-corrected chi connectivity index (χ2v) is 6.27. The Kier molecular flexibility index (Phi) is 6.82. The van der Waals surface area contributed by atoms with Crippen molar-refractivity contribution in [1.82, 2.24) is 5.32 Å². The van der Waals surface area contributed by atoms with Crippen molar-refractivity contribution in [2.45, 2.75) is 25.5 Å². The fraction of sp³-hybridized carbons (Fsp3) is 0.333. The summed E-state index contributed by atoms with van der Waals surface area (Å²) in [7, 11) is 2.91. The normalized spacial score (nSPS) is 12.8. The summed E-state index contributed by atoms with van der Waals surface area (Å²) >= 11 is 1.47. The Hall–Kier alpha value is -2.54. The number of carbonyl (C=O) groups is 2. The molecule has 0 fully saturated rings. The fourth-order valence-electron chi connectivity index (χ4n) is 2.16. The van der Waals surface area contributed by atoms with Crippen LogP contribution < -0.4 is 14.8 Å². The number of benzene rings is 1. The van der Waals surface area contributed by atoms with Gasteiger partial charge < -0.3 is 19.5 Å². The van der Waals surface area contributed by atoms with Crippen LogP contribution in [0.3, 0.4) is 0 Å². The van der Waals surface area contributed by atoms with E-state index in [0.717, 1.165) is 4.88 Å². The Morgan fingerprint density at radius 3 is 2.36 bits per heavy atom. The fourth-order valence-corrected chi connectivity index (χ4v) is 2.94. The van der Waals surface area contributed by atoms with Gasteiger partial charge in [0.25, 0.3) is 5.91 Å². The highest BCUT2D eigenvalue weighted by molar-refractivity contribution is 7.10. The number of thiophene rings is 1. The third-order valence-electron chi connectivity index (χ3n) is 3.54. The second kappa shape index (κ2) is 9.08. The molecule has 2 atom stereocenters. The summed E-state index contributed by atoms with van der Waals surface area (Å²) in [6, 6.07) is 10.3. The average molecular weight is 363 g/mol. The van der Waals surface area contributed by atoms with E-state index in [2.05, 4.69) is 5.32 Å². The lowest BCUT2D eigenvalue weighted by Gasteiger charge is -2.20. The molecule has 0 aliphatic carbocycles. The number of rotatable bonds is 8. The number of hydrogen-bond donors (Lipinski definition) is 1. The van der Waals surface area contributed by atoms with Crippen LogP contribution in [0.5, 0.6) is 11.5 Å². The molecule has 2 unspecified atom stereocenters. The lowest BCUT2D eigenvalue weighted by molar-refractivity contribution is -0.141. The van der Waals surface area contributed by atoms with Crippen LogP contribution >= 0.6 is 11.3 Å². The Morgan fingerprint density at radius 2 is 1.80 bits per heavy atom. The van der Waals surface area contributed by atoms with Crippen LogP contribution in [0.25, 0.3) is 0 Å². The van der Waals surface area contributed by atoms with Gasteiger partial charge in [-0.15, -0.1) is 11.3 Å². The van der Waals surface area contributed by atoms with E-state index >= 15 is 0 Å². The zero-order valence-corrected chi connectivity index (χ0v) is 15.2. The van der Waals surface area contributed by atoms with Crippen LogP contribution in [0, 0.1) is 0 Å². The number of hydrogen-bond acceptors (Lipinski definition) is 6. The minimum absolute atomic E-state index is 0.0675.